The minimum atomic E-state index is -0.164. The van der Waals surface area contributed by atoms with E-state index in [1.54, 1.807) is 0 Å². The number of hydrogen-bond donors (Lipinski definition) is 1. The summed E-state index contributed by atoms with van der Waals surface area (Å²) in [5.41, 5.74) is -0.0687. The molecule has 1 aliphatic carbocycles. The van der Waals surface area contributed by atoms with Gasteiger partial charge in [0.25, 0.3) is 0 Å². The fourth-order valence-corrected chi connectivity index (χ4v) is 3.71. The van der Waals surface area contributed by atoms with E-state index in [4.69, 9.17) is 4.74 Å². The lowest BCUT2D eigenvalue weighted by Gasteiger charge is -2.48. The number of aliphatic hydroxyl groups excluding tert-OH is 1. The van der Waals surface area contributed by atoms with E-state index in [9.17, 15) is 5.11 Å². The molecule has 4 unspecified atom stereocenters. The minimum absolute atomic E-state index is 0.0687. The first kappa shape index (κ1) is 13.3. The summed E-state index contributed by atoms with van der Waals surface area (Å²) in [6, 6.07) is 0.328. The van der Waals surface area contributed by atoms with Crippen LogP contribution in [-0.2, 0) is 4.74 Å². The summed E-state index contributed by atoms with van der Waals surface area (Å²) in [7, 11) is 0. The van der Waals surface area contributed by atoms with Crippen molar-refractivity contribution in [2.24, 2.45) is 11.8 Å². The molecule has 2 fully saturated rings. The zero-order valence-electron chi connectivity index (χ0n) is 11.6. The lowest BCUT2D eigenvalue weighted by atomic mass is 9.77. The van der Waals surface area contributed by atoms with Gasteiger partial charge in [0, 0.05) is 19.1 Å². The summed E-state index contributed by atoms with van der Waals surface area (Å²) < 4.78 is 5.75. The molecule has 1 heterocycles. The Bertz CT molecular complexity index is 255. The van der Waals surface area contributed by atoms with Gasteiger partial charge in [0.2, 0.25) is 0 Å². The number of aliphatic hydroxyl groups is 1. The van der Waals surface area contributed by atoms with E-state index >= 15 is 0 Å². The molecule has 0 amide bonds. The molecule has 100 valence electrons. The first-order valence-electron chi connectivity index (χ1n) is 6.95. The van der Waals surface area contributed by atoms with Crippen molar-refractivity contribution in [1.29, 1.82) is 0 Å². The molecule has 0 aromatic heterocycles. The molecule has 1 saturated carbocycles. The highest BCUT2D eigenvalue weighted by molar-refractivity contribution is 4.93. The Morgan fingerprint density at radius 3 is 2.53 bits per heavy atom. The average molecular weight is 241 g/mol. The third-order valence-electron chi connectivity index (χ3n) is 4.27. The van der Waals surface area contributed by atoms with Gasteiger partial charge in [0.15, 0.2) is 0 Å². The second-order valence-corrected chi connectivity index (χ2v) is 6.69. The van der Waals surface area contributed by atoms with Crippen molar-refractivity contribution < 1.29 is 9.84 Å². The third kappa shape index (κ3) is 3.01. The maximum atomic E-state index is 10.3. The average Bonchev–Trinajstić information content (AvgIpc) is 2.13. The highest BCUT2D eigenvalue weighted by Gasteiger charge is 2.40. The van der Waals surface area contributed by atoms with Crippen molar-refractivity contribution in [1.82, 2.24) is 4.90 Å². The zero-order valence-corrected chi connectivity index (χ0v) is 11.6. The molecule has 0 bridgehead atoms. The van der Waals surface area contributed by atoms with Crippen LogP contribution in [0.1, 0.15) is 40.5 Å². The van der Waals surface area contributed by atoms with Gasteiger partial charge in [-0.2, -0.15) is 0 Å². The molecule has 4 atom stereocenters. The topological polar surface area (TPSA) is 32.7 Å². The van der Waals surface area contributed by atoms with Crippen LogP contribution in [0.3, 0.4) is 0 Å². The normalized spacial score (nSPS) is 43.6. The molecule has 0 radical (unpaired) electrons. The van der Waals surface area contributed by atoms with Gasteiger partial charge in [-0.05, 0) is 38.5 Å². The minimum Gasteiger partial charge on any atom is -0.391 e. The molecular formula is C14H27NO2. The molecular weight excluding hydrogens is 214 g/mol. The summed E-state index contributed by atoms with van der Waals surface area (Å²) in [5.74, 6) is 1.24. The van der Waals surface area contributed by atoms with Gasteiger partial charge in [-0.1, -0.05) is 13.8 Å². The molecule has 17 heavy (non-hydrogen) atoms. The maximum Gasteiger partial charge on any atom is 0.0753 e. The van der Waals surface area contributed by atoms with Crippen LogP contribution in [0, 0.1) is 11.8 Å². The van der Waals surface area contributed by atoms with E-state index in [2.05, 4.69) is 32.6 Å². The van der Waals surface area contributed by atoms with Gasteiger partial charge in [-0.3, -0.25) is 4.90 Å². The summed E-state index contributed by atoms with van der Waals surface area (Å²) in [6.45, 7) is 11.5. The predicted octanol–water partition coefficient (Wildman–Crippen LogP) is 1.89. The summed E-state index contributed by atoms with van der Waals surface area (Å²) in [6.07, 6.45) is 2.02. The third-order valence-corrected chi connectivity index (χ3v) is 4.27. The van der Waals surface area contributed by atoms with E-state index in [0.29, 0.717) is 17.9 Å². The molecule has 3 nitrogen and oxygen atoms in total. The van der Waals surface area contributed by atoms with Crippen molar-refractivity contribution >= 4 is 0 Å². The molecule has 0 aromatic rings. The molecule has 2 rings (SSSR count). The number of nitrogens with zero attached hydrogens (tertiary/aromatic N) is 1. The van der Waals surface area contributed by atoms with E-state index in [1.165, 1.54) is 6.42 Å². The van der Waals surface area contributed by atoms with Gasteiger partial charge >= 0.3 is 0 Å². The molecule has 1 aliphatic heterocycles. The van der Waals surface area contributed by atoms with E-state index in [-0.39, 0.29) is 11.7 Å². The van der Waals surface area contributed by atoms with Crippen molar-refractivity contribution in [3.05, 3.63) is 0 Å². The molecule has 0 spiro atoms. The smallest absolute Gasteiger partial charge is 0.0753 e. The number of hydrogen-bond acceptors (Lipinski definition) is 3. The fourth-order valence-electron chi connectivity index (χ4n) is 3.71. The van der Waals surface area contributed by atoms with Crippen molar-refractivity contribution in [3.63, 3.8) is 0 Å². The fraction of sp³-hybridized carbons (Fsp3) is 1.00. The Morgan fingerprint density at radius 2 is 1.94 bits per heavy atom. The van der Waals surface area contributed by atoms with Crippen LogP contribution in [0.5, 0.6) is 0 Å². The zero-order chi connectivity index (χ0) is 12.6. The van der Waals surface area contributed by atoms with Crippen LogP contribution in [0.2, 0.25) is 0 Å². The molecule has 1 N–H and O–H groups in total. The Kier molecular flexibility index (Phi) is 3.81. The van der Waals surface area contributed by atoms with Crippen LogP contribution < -0.4 is 0 Å². The number of rotatable bonds is 1. The van der Waals surface area contributed by atoms with Crippen LogP contribution in [0.15, 0.2) is 0 Å². The van der Waals surface area contributed by atoms with Gasteiger partial charge in [-0.25, -0.2) is 0 Å². The highest BCUT2D eigenvalue weighted by atomic mass is 16.5. The van der Waals surface area contributed by atoms with Gasteiger partial charge < -0.3 is 9.84 Å². The van der Waals surface area contributed by atoms with Crippen LogP contribution in [0.25, 0.3) is 0 Å². The molecule has 1 saturated heterocycles. The monoisotopic (exact) mass is 241 g/mol. The summed E-state index contributed by atoms with van der Waals surface area (Å²) in [4.78, 5) is 2.45. The highest BCUT2D eigenvalue weighted by Crippen LogP contribution is 2.34. The van der Waals surface area contributed by atoms with Gasteiger partial charge in [0.1, 0.15) is 0 Å². The molecule has 3 heteroatoms. The molecule has 0 aromatic carbocycles. The van der Waals surface area contributed by atoms with Crippen molar-refractivity contribution in [3.8, 4) is 0 Å². The van der Waals surface area contributed by atoms with Gasteiger partial charge in [-0.15, -0.1) is 0 Å². The lowest BCUT2D eigenvalue weighted by Crippen LogP contribution is -2.58. The van der Waals surface area contributed by atoms with E-state index in [0.717, 1.165) is 26.1 Å². The Hall–Kier alpha value is -0.120. The first-order valence-corrected chi connectivity index (χ1v) is 6.95. The molecule has 2 aliphatic rings. The largest absolute Gasteiger partial charge is 0.391 e. The van der Waals surface area contributed by atoms with E-state index in [1.807, 2.05) is 0 Å². The van der Waals surface area contributed by atoms with Crippen LogP contribution in [-0.4, -0.2) is 47.4 Å². The predicted molar refractivity (Wildman–Crippen MR) is 69.0 cm³/mol. The number of ether oxygens (including phenoxy) is 1. The Balaban J connectivity index is 2.05. The number of morpholine rings is 1. The lowest BCUT2D eigenvalue weighted by molar-refractivity contribution is -0.127. The second-order valence-electron chi connectivity index (χ2n) is 6.69. The van der Waals surface area contributed by atoms with Crippen LogP contribution in [0.4, 0.5) is 0 Å². The maximum absolute atomic E-state index is 10.3. The Labute approximate surface area is 105 Å². The summed E-state index contributed by atoms with van der Waals surface area (Å²) >= 11 is 0. The van der Waals surface area contributed by atoms with E-state index < -0.39 is 0 Å². The van der Waals surface area contributed by atoms with Crippen molar-refractivity contribution in [2.45, 2.75) is 58.3 Å². The quantitative estimate of drug-likeness (QED) is 0.761. The first-order chi connectivity index (χ1) is 7.89. The second kappa shape index (κ2) is 4.87. The van der Waals surface area contributed by atoms with Crippen LogP contribution >= 0.6 is 0 Å². The van der Waals surface area contributed by atoms with Gasteiger partial charge in [0.05, 0.1) is 18.3 Å². The Morgan fingerprint density at radius 1 is 1.24 bits per heavy atom. The van der Waals surface area contributed by atoms with Crippen molar-refractivity contribution in [2.75, 3.05) is 19.7 Å². The SMILES string of the molecule is CC1CC(C)C(N2CCOC(C)(C)C2)C(O)C1. The standard InChI is InChI=1S/C14H27NO2/c1-10-7-11(2)13(12(16)8-10)15-5-6-17-14(3,4)9-15/h10-13,16H,5-9H2,1-4H3. The summed E-state index contributed by atoms with van der Waals surface area (Å²) in [5, 5.41) is 10.3.